The monoisotopic (exact) mass is 453 g/mol. The lowest BCUT2D eigenvalue weighted by Gasteiger charge is -2.08. The average molecular weight is 454 g/mol. The molecule has 8 heteroatoms. The molecule has 0 unspecified atom stereocenters. The van der Waals surface area contributed by atoms with Crippen molar-refractivity contribution < 1.29 is 14.5 Å². The standard InChI is InChI=1S/C21H16BrN3O4/c22-19-11-16(9-10-20(19)29-14-15-5-2-1-3-6-15)13-23-24-21(26)17-7-4-8-18(12-17)25(27)28/h1-13H,14H2,(H,24,26)/b23-13+. The maximum atomic E-state index is 12.1. The van der Waals surface area contributed by atoms with E-state index in [1.165, 1.54) is 30.5 Å². The van der Waals surface area contributed by atoms with Crippen LogP contribution in [0.4, 0.5) is 5.69 Å². The van der Waals surface area contributed by atoms with Crippen molar-refractivity contribution in [2.45, 2.75) is 6.61 Å². The number of nitro groups is 1. The van der Waals surface area contributed by atoms with Crippen molar-refractivity contribution in [2.24, 2.45) is 5.10 Å². The molecule has 1 amide bonds. The Hall–Kier alpha value is -3.52. The summed E-state index contributed by atoms with van der Waals surface area (Å²) in [5, 5.41) is 14.7. The van der Waals surface area contributed by atoms with Crippen molar-refractivity contribution in [3.8, 4) is 5.75 Å². The number of rotatable bonds is 7. The number of carbonyl (C=O) groups excluding carboxylic acids is 1. The molecule has 0 radical (unpaired) electrons. The van der Waals surface area contributed by atoms with Crippen LogP contribution in [0.1, 0.15) is 21.5 Å². The SMILES string of the molecule is O=C(N/N=C/c1ccc(OCc2ccccc2)c(Br)c1)c1cccc([N+](=O)[O-])c1. The molecule has 0 aliphatic heterocycles. The number of nitrogens with zero attached hydrogens (tertiary/aromatic N) is 2. The summed E-state index contributed by atoms with van der Waals surface area (Å²) in [6.07, 6.45) is 1.47. The number of halogens is 1. The van der Waals surface area contributed by atoms with Gasteiger partial charge in [-0.1, -0.05) is 36.4 Å². The third-order valence-electron chi connectivity index (χ3n) is 3.89. The second-order valence-corrected chi connectivity index (χ2v) is 6.83. The number of nitrogens with one attached hydrogen (secondary N) is 1. The summed E-state index contributed by atoms with van der Waals surface area (Å²) < 4.78 is 6.54. The van der Waals surface area contributed by atoms with Crippen LogP contribution in [0.25, 0.3) is 0 Å². The number of nitro benzene ring substituents is 1. The van der Waals surface area contributed by atoms with Crippen LogP contribution < -0.4 is 10.2 Å². The van der Waals surface area contributed by atoms with Gasteiger partial charge in [0.1, 0.15) is 12.4 Å². The van der Waals surface area contributed by atoms with Gasteiger partial charge in [0.15, 0.2) is 0 Å². The molecule has 3 aromatic rings. The fraction of sp³-hybridized carbons (Fsp3) is 0.0476. The van der Waals surface area contributed by atoms with Gasteiger partial charge in [0.05, 0.1) is 15.6 Å². The quantitative estimate of drug-likeness (QED) is 0.318. The number of hydrazone groups is 1. The second kappa shape index (κ2) is 9.61. The topological polar surface area (TPSA) is 93.8 Å². The molecule has 0 saturated carbocycles. The molecular formula is C21H16BrN3O4. The van der Waals surface area contributed by atoms with Gasteiger partial charge < -0.3 is 4.74 Å². The minimum atomic E-state index is -0.557. The Labute approximate surface area is 175 Å². The fourth-order valence-electron chi connectivity index (χ4n) is 2.44. The number of ether oxygens (including phenoxy) is 1. The number of hydrogen-bond acceptors (Lipinski definition) is 5. The minimum absolute atomic E-state index is 0.155. The lowest BCUT2D eigenvalue weighted by molar-refractivity contribution is -0.384. The molecule has 0 heterocycles. The highest BCUT2D eigenvalue weighted by atomic mass is 79.9. The summed E-state index contributed by atoms with van der Waals surface area (Å²) >= 11 is 3.46. The van der Waals surface area contributed by atoms with E-state index in [0.717, 1.165) is 15.6 Å². The van der Waals surface area contributed by atoms with E-state index >= 15 is 0 Å². The Morgan fingerprint density at radius 1 is 1.10 bits per heavy atom. The lowest BCUT2D eigenvalue weighted by Crippen LogP contribution is -2.17. The molecule has 0 aromatic heterocycles. The maximum Gasteiger partial charge on any atom is 0.271 e. The Kier molecular flexibility index (Phi) is 6.70. The summed E-state index contributed by atoms with van der Waals surface area (Å²) in [6, 6.07) is 20.7. The summed E-state index contributed by atoms with van der Waals surface area (Å²) in [4.78, 5) is 22.3. The van der Waals surface area contributed by atoms with E-state index in [1.807, 2.05) is 36.4 Å². The molecule has 1 N–H and O–H groups in total. The van der Waals surface area contributed by atoms with Crippen LogP contribution in [-0.4, -0.2) is 17.0 Å². The minimum Gasteiger partial charge on any atom is -0.488 e. The molecule has 0 saturated heterocycles. The Balaban J connectivity index is 1.59. The van der Waals surface area contributed by atoms with E-state index in [2.05, 4.69) is 26.5 Å². The van der Waals surface area contributed by atoms with Gasteiger partial charge in [0, 0.05) is 17.7 Å². The Bertz CT molecular complexity index is 1050. The molecule has 3 rings (SSSR count). The van der Waals surface area contributed by atoms with E-state index in [0.29, 0.717) is 12.4 Å². The first-order valence-electron chi connectivity index (χ1n) is 8.57. The third-order valence-corrected chi connectivity index (χ3v) is 4.51. The molecule has 0 atom stereocenters. The number of hydrogen-bond donors (Lipinski definition) is 1. The molecule has 0 spiro atoms. The second-order valence-electron chi connectivity index (χ2n) is 5.97. The largest absolute Gasteiger partial charge is 0.488 e. The van der Waals surface area contributed by atoms with E-state index < -0.39 is 10.8 Å². The summed E-state index contributed by atoms with van der Waals surface area (Å²) in [6.45, 7) is 0.451. The molecule has 0 aliphatic rings. The highest BCUT2D eigenvalue weighted by molar-refractivity contribution is 9.10. The first kappa shape index (κ1) is 20.2. The third kappa shape index (κ3) is 5.73. The van der Waals surface area contributed by atoms with Crippen molar-refractivity contribution >= 4 is 33.7 Å². The van der Waals surface area contributed by atoms with Crippen molar-refractivity contribution in [3.05, 3.63) is 104 Å². The summed E-state index contributed by atoms with van der Waals surface area (Å²) in [7, 11) is 0. The normalized spacial score (nSPS) is 10.7. The van der Waals surface area contributed by atoms with Crippen molar-refractivity contribution in [1.29, 1.82) is 0 Å². The molecule has 146 valence electrons. The van der Waals surface area contributed by atoms with E-state index in [4.69, 9.17) is 4.74 Å². The zero-order valence-corrected chi connectivity index (χ0v) is 16.7. The van der Waals surface area contributed by atoms with Gasteiger partial charge in [-0.05, 0) is 51.3 Å². The van der Waals surface area contributed by atoms with Gasteiger partial charge in [0.2, 0.25) is 0 Å². The van der Waals surface area contributed by atoms with Gasteiger partial charge >= 0.3 is 0 Å². The summed E-state index contributed by atoms with van der Waals surface area (Å²) in [5.41, 5.74) is 4.16. The van der Waals surface area contributed by atoms with Crippen LogP contribution in [0.2, 0.25) is 0 Å². The molecule has 29 heavy (non-hydrogen) atoms. The van der Waals surface area contributed by atoms with Crippen LogP contribution >= 0.6 is 15.9 Å². The zero-order chi connectivity index (χ0) is 20.6. The van der Waals surface area contributed by atoms with Crippen molar-refractivity contribution in [1.82, 2.24) is 5.43 Å². The number of non-ortho nitro benzene ring substituents is 1. The van der Waals surface area contributed by atoms with Crippen LogP contribution in [-0.2, 0) is 6.61 Å². The van der Waals surface area contributed by atoms with Gasteiger partial charge in [-0.15, -0.1) is 0 Å². The van der Waals surface area contributed by atoms with Gasteiger partial charge in [-0.25, -0.2) is 5.43 Å². The van der Waals surface area contributed by atoms with Crippen molar-refractivity contribution in [3.63, 3.8) is 0 Å². The number of amides is 1. The van der Waals surface area contributed by atoms with Crippen LogP contribution in [0.5, 0.6) is 5.75 Å². The zero-order valence-electron chi connectivity index (χ0n) is 15.1. The van der Waals surface area contributed by atoms with Crippen molar-refractivity contribution in [2.75, 3.05) is 0 Å². The van der Waals surface area contributed by atoms with E-state index in [-0.39, 0.29) is 11.3 Å². The molecule has 3 aromatic carbocycles. The van der Waals surface area contributed by atoms with Gasteiger partial charge in [0.25, 0.3) is 11.6 Å². The molecule has 0 fully saturated rings. The first-order chi connectivity index (χ1) is 14.0. The predicted octanol–water partition coefficient (Wildman–Crippen LogP) is 4.70. The average Bonchev–Trinajstić information content (AvgIpc) is 2.74. The summed E-state index contributed by atoms with van der Waals surface area (Å²) in [5.74, 6) is 0.151. The van der Waals surface area contributed by atoms with Crippen LogP contribution in [0.3, 0.4) is 0 Å². The number of benzene rings is 3. The van der Waals surface area contributed by atoms with Gasteiger partial charge in [-0.3, -0.25) is 14.9 Å². The van der Waals surface area contributed by atoms with E-state index in [1.54, 1.807) is 12.1 Å². The predicted molar refractivity (Wildman–Crippen MR) is 113 cm³/mol. The molecule has 0 bridgehead atoms. The smallest absolute Gasteiger partial charge is 0.271 e. The fourth-order valence-corrected chi connectivity index (χ4v) is 2.95. The Morgan fingerprint density at radius 3 is 2.62 bits per heavy atom. The molecular weight excluding hydrogens is 438 g/mol. The van der Waals surface area contributed by atoms with Crippen LogP contribution in [0.15, 0.2) is 82.4 Å². The Morgan fingerprint density at radius 2 is 1.90 bits per heavy atom. The highest BCUT2D eigenvalue weighted by Gasteiger charge is 2.10. The van der Waals surface area contributed by atoms with Gasteiger partial charge in [-0.2, -0.15) is 5.10 Å². The first-order valence-corrected chi connectivity index (χ1v) is 9.36. The lowest BCUT2D eigenvalue weighted by atomic mass is 10.2. The molecule has 7 nitrogen and oxygen atoms in total. The van der Waals surface area contributed by atoms with Crippen LogP contribution in [0, 0.1) is 10.1 Å². The number of carbonyl (C=O) groups is 1. The maximum absolute atomic E-state index is 12.1. The highest BCUT2D eigenvalue weighted by Crippen LogP contribution is 2.26. The van der Waals surface area contributed by atoms with E-state index in [9.17, 15) is 14.9 Å². The molecule has 0 aliphatic carbocycles.